The number of likely N-dealkylation sites (tertiary alicyclic amines) is 1. The monoisotopic (exact) mass is 402 g/mol. The number of fused-ring (bicyclic) bond motifs is 1. The number of hydrogen-bond donors (Lipinski definition) is 0. The lowest BCUT2D eigenvalue weighted by Gasteiger charge is -2.38. The molecule has 4 nitrogen and oxygen atoms in total. The number of benzene rings is 2. The van der Waals surface area contributed by atoms with Crippen LogP contribution in [-0.4, -0.2) is 45.5 Å². The van der Waals surface area contributed by atoms with Gasteiger partial charge in [-0.15, -0.1) is 0 Å². The predicted octanol–water partition coefficient (Wildman–Crippen LogP) is 3.90. The SMILES string of the molecule is CCCN1CCC(N2CCc3cc(S(=O)(=O)c4ccccc4F)ccc32)CC1. The molecular formula is C22H27FN2O2S. The maximum Gasteiger partial charge on any atom is 0.209 e. The first kappa shape index (κ1) is 19.4. The Morgan fingerprint density at radius 3 is 2.54 bits per heavy atom. The second kappa shape index (κ2) is 7.84. The number of sulfone groups is 1. The second-order valence-corrected chi connectivity index (χ2v) is 9.66. The van der Waals surface area contributed by atoms with Crippen molar-refractivity contribution in [1.29, 1.82) is 0 Å². The maximum absolute atomic E-state index is 14.0. The smallest absolute Gasteiger partial charge is 0.209 e. The molecule has 0 aromatic heterocycles. The molecule has 0 atom stereocenters. The minimum atomic E-state index is -3.85. The van der Waals surface area contributed by atoms with Crippen LogP contribution in [0.25, 0.3) is 0 Å². The van der Waals surface area contributed by atoms with Crippen LogP contribution in [0, 0.1) is 5.82 Å². The number of halogens is 1. The van der Waals surface area contributed by atoms with Gasteiger partial charge in [-0.3, -0.25) is 0 Å². The van der Waals surface area contributed by atoms with Crippen molar-refractivity contribution in [2.45, 2.75) is 48.4 Å². The largest absolute Gasteiger partial charge is 0.368 e. The molecule has 0 bridgehead atoms. The molecule has 1 fully saturated rings. The van der Waals surface area contributed by atoms with Crippen LogP contribution >= 0.6 is 0 Å². The Morgan fingerprint density at radius 1 is 1.07 bits per heavy atom. The summed E-state index contributed by atoms with van der Waals surface area (Å²) in [5.74, 6) is -0.705. The Balaban J connectivity index is 1.55. The summed E-state index contributed by atoms with van der Waals surface area (Å²) < 4.78 is 39.8. The van der Waals surface area contributed by atoms with Crippen LogP contribution < -0.4 is 4.90 Å². The molecular weight excluding hydrogens is 375 g/mol. The average molecular weight is 403 g/mol. The van der Waals surface area contributed by atoms with Crippen LogP contribution in [0.1, 0.15) is 31.7 Å². The van der Waals surface area contributed by atoms with Gasteiger partial charge in [0.2, 0.25) is 9.84 Å². The van der Waals surface area contributed by atoms with Gasteiger partial charge in [0.25, 0.3) is 0 Å². The molecule has 2 heterocycles. The molecule has 2 aromatic rings. The summed E-state index contributed by atoms with van der Waals surface area (Å²) in [6.07, 6.45) is 4.32. The van der Waals surface area contributed by atoms with Gasteiger partial charge >= 0.3 is 0 Å². The van der Waals surface area contributed by atoms with Crippen molar-refractivity contribution in [2.75, 3.05) is 31.1 Å². The highest BCUT2D eigenvalue weighted by molar-refractivity contribution is 7.91. The van der Waals surface area contributed by atoms with Gasteiger partial charge in [-0.25, -0.2) is 12.8 Å². The summed E-state index contributed by atoms with van der Waals surface area (Å²) in [7, 11) is -3.85. The van der Waals surface area contributed by atoms with E-state index in [-0.39, 0.29) is 9.79 Å². The van der Waals surface area contributed by atoms with E-state index in [9.17, 15) is 12.8 Å². The molecule has 2 aromatic carbocycles. The fraction of sp³-hybridized carbons (Fsp3) is 0.455. The molecule has 2 aliphatic rings. The Hall–Kier alpha value is -1.92. The zero-order valence-corrected chi connectivity index (χ0v) is 17.1. The summed E-state index contributed by atoms with van der Waals surface area (Å²) in [4.78, 5) is 4.89. The van der Waals surface area contributed by atoms with Crippen LogP contribution in [-0.2, 0) is 16.3 Å². The maximum atomic E-state index is 14.0. The number of piperidine rings is 1. The fourth-order valence-electron chi connectivity index (χ4n) is 4.51. The van der Waals surface area contributed by atoms with E-state index in [1.54, 1.807) is 18.2 Å². The van der Waals surface area contributed by atoms with Crippen LogP contribution in [0.2, 0.25) is 0 Å². The lowest BCUT2D eigenvalue weighted by atomic mass is 10.0. The molecule has 0 spiro atoms. The topological polar surface area (TPSA) is 40.6 Å². The third kappa shape index (κ3) is 3.55. The molecule has 4 rings (SSSR count). The van der Waals surface area contributed by atoms with Crippen molar-refractivity contribution in [1.82, 2.24) is 4.90 Å². The minimum absolute atomic E-state index is 0.177. The number of anilines is 1. The van der Waals surface area contributed by atoms with Crippen LogP contribution in [0.5, 0.6) is 0 Å². The molecule has 0 N–H and O–H groups in total. The molecule has 0 radical (unpaired) electrons. The van der Waals surface area contributed by atoms with Crippen LogP contribution in [0.15, 0.2) is 52.3 Å². The second-order valence-electron chi connectivity index (χ2n) is 7.74. The highest BCUT2D eigenvalue weighted by Crippen LogP contribution is 2.35. The van der Waals surface area contributed by atoms with E-state index in [0.717, 1.165) is 50.1 Å². The normalized spacial score (nSPS) is 18.4. The zero-order chi connectivity index (χ0) is 19.7. The fourth-order valence-corrected chi connectivity index (χ4v) is 5.89. The summed E-state index contributed by atoms with van der Waals surface area (Å²) in [5.41, 5.74) is 2.19. The van der Waals surface area contributed by atoms with Gasteiger partial charge in [0.1, 0.15) is 10.7 Å². The third-order valence-corrected chi connectivity index (χ3v) is 7.74. The van der Waals surface area contributed by atoms with E-state index in [1.165, 1.54) is 31.2 Å². The summed E-state index contributed by atoms with van der Waals surface area (Å²) in [6, 6.07) is 11.4. The summed E-state index contributed by atoms with van der Waals surface area (Å²) in [6.45, 7) is 6.57. The van der Waals surface area contributed by atoms with Crippen molar-refractivity contribution in [3.63, 3.8) is 0 Å². The quantitative estimate of drug-likeness (QED) is 0.761. The molecule has 0 saturated carbocycles. The Morgan fingerprint density at radius 2 is 1.82 bits per heavy atom. The van der Waals surface area contributed by atoms with Crippen molar-refractivity contribution in [3.05, 3.63) is 53.8 Å². The molecule has 2 aliphatic heterocycles. The van der Waals surface area contributed by atoms with Crippen LogP contribution in [0.3, 0.4) is 0 Å². The van der Waals surface area contributed by atoms with Gasteiger partial charge in [-0.05, 0) is 68.1 Å². The average Bonchev–Trinajstić information content (AvgIpc) is 3.12. The molecule has 0 amide bonds. The first-order chi connectivity index (χ1) is 13.5. The van der Waals surface area contributed by atoms with Crippen molar-refractivity contribution in [3.8, 4) is 0 Å². The molecule has 6 heteroatoms. The highest BCUT2D eigenvalue weighted by atomic mass is 32.2. The third-order valence-electron chi connectivity index (χ3n) is 5.96. The standard InChI is InChI=1S/C22H27FN2O2S/c1-2-12-24-13-10-18(11-14-24)25-15-9-17-16-19(7-8-21(17)25)28(26,27)22-6-4-3-5-20(22)23/h3-8,16,18H,2,9-15H2,1H3. The molecule has 1 saturated heterocycles. The molecule has 0 aliphatic carbocycles. The summed E-state index contributed by atoms with van der Waals surface area (Å²) >= 11 is 0. The number of nitrogens with zero attached hydrogens (tertiary/aromatic N) is 2. The Bertz CT molecular complexity index is 953. The van der Waals surface area contributed by atoms with Gasteiger partial charge in [0.05, 0.1) is 4.90 Å². The van der Waals surface area contributed by atoms with Gasteiger partial charge in [-0.1, -0.05) is 19.1 Å². The number of rotatable bonds is 5. The van der Waals surface area contributed by atoms with Crippen molar-refractivity contribution >= 4 is 15.5 Å². The Labute approximate surface area is 166 Å². The van der Waals surface area contributed by atoms with Gasteiger partial charge in [0, 0.05) is 31.4 Å². The van der Waals surface area contributed by atoms with Gasteiger partial charge < -0.3 is 9.80 Å². The highest BCUT2D eigenvalue weighted by Gasteiger charge is 2.30. The zero-order valence-electron chi connectivity index (χ0n) is 16.3. The van der Waals surface area contributed by atoms with Crippen LogP contribution in [0.4, 0.5) is 10.1 Å². The minimum Gasteiger partial charge on any atom is -0.368 e. The van der Waals surface area contributed by atoms with Crippen molar-refractivity contribution in [2.24, 2.45) is 0 Å². The molecule has 28 heavy (non-hydrogen) atoms. The predicted molar refractivity (Wildman–Crippen MR) is 109 cm³/mol. The van der Waals surface area contributed by atoms with Gasteiger partial charge in [-0.2, -0.15) is 0 Å². The lowest BCUT2D eigenvalue weighted by Crippen LogP contribution is -2.44. The van der Waals surface area contributed by atoms with E-state index in [1.807, 2.05) is 6.07 Å². The Kier molecular flexibility index (Phi) is 5.43. The van der Waals surface area contributed by atoms with Crippen molar-refractivity contribution < 1.29 is 12.8 Å². The first-order valence-corrected chi connectivity index (χ1v) is 11.6. The summed E-state index contributed by atoms with van der Waals surface area (Å²) in [5, 5.41) is 0. The molecule has 0 unspecified atom stereocenters. The van der Waals surface area contributed by atoms with E-state index >= 15 is 0 Å². The van der Waals surface area contributed by atoms with E-state index in [4.69, 9.17) is 0 Å². The van der Waals surface area contributed by atoms with E-state index < -0.39 is 15.7 Å². The lowest BCUT2D eigenvalue weighted by molar-refractivity contribution is 0.210. The first-order valence-electron chi connectivity index (χ1n) is 10.1. The molecule has 150 valence electrons. The van der Waals surface area contributed by atoms with E-state index in [2.05, 4.69) is 16.7 Å². The van der Waals surface area contributed by atoms with E-state index in [0.29, 0.717) is 6.04 Å². The number of hydrogen-bond acceptors (Lipinski definition) is 4. The van der Waals surface area contributed by atoms with Gasteiger partial charge in [0.15, 0.2) is 0 Å².